The number of alkyl halides is 2. The summed E-state index contributed by atoms with van der Waals surface area (Å²) < 4.78 is 0.924. The summed E-state index contributed by atoms with van der Waals surface area (Å²) >= 11 is 7.94. The van der Waals surface area contributed by atoms with Crippen LogP contribution in [0.25, 0.3) is 0 Å². The lowest BCUT2D eigenvalue weighted by molar-refractivity contribution is 0.102. The van der Waals surface area contributed by atoms with Crippen LogP contribution in [0.4, 0.5) is 5.69 Å². The number of carbonyl (C=O) groups is 1. The van der Waals surface area contributed by atoms with Crippen LogP contribution in [0, 0.1) is 0 Å². The number of hydrogen-bond donors (Lipinski definition) is 0. The number of ketones is 1. The Morgan fingerprint density at radius 1 is 1.56 bits per heavy atom. The molecule has 0 radical (unpaired) electrons. The van der Waals surface area contributed by atoms with Crippen molar-refractivity contribution in [2.75, 3.05) is 24.4 Å². The summed E-state index contributed by atoms with van der Waals surface area (Å²) in [5.74, 6) is 0.0834. The van der Waals surface area contributed by atoms with Gasteiger partial charge in [0.05, 0.1) is 5.88 Å². The van der Waals surface area contributed by atoms with Crippen molar-refractivity contribution in [2.45, 2.75) is 10.8 Å². The summed E-state index contributed by atoms with van der Waals surface area (Å²) in [5, 5.41) is 0. The quantitative estimate of drug-likeness (QED) is 0.475. The summed E-state index contributed by atoms with van der Waals surface area (Å²) in [6.07, 6.45) is 1.03. The predicted octanol–water partition coefficient (Wildman–Crippen LogP) is 3.04. The van der Waals surface area contributed by atoms with E-state index in [1.807, 2.05) is 12.1 Å². The van der Waals surface area contributed by atoms with Gasteiger partial charge in [-0.15, -0.1) is 11.6 Å². The highest BCUT2D eigenvalue weighted by Gasteiger charge is 2.21. The van der Waals surface area contributed by atoms with Gasteiger partial charge in [0.1, 0.15) is 0 Å². The van der Waals surface area contributed by atoms with Crippen LogP contribution in [-0.2, 0) is 10.8 Å². The lowest BCUT2D eigenvalue weighted by atomic mass is 10.0. The smallest absolute Gasteiger partial charge is 0.177 e. The molecule has 0 aliphatic carbocycles. The first kappa shape index (κ1) is 12.2. The van der Waals surface area contributed by atoms with Crippen molar-refractivity contribution in [2.24, 2.45) is 0 Å². The molecule has 1 heterocycles. The molecule has 16 heavy (non-hydrogen) atoms. The SMILES string of the molecule is CN1CCc2cc(C(=O)CCl)cc(CI)c21. The lowest BCUT2D eigenvalue weighted by Gasteiger charge is -2.16. The summed E-state index contributed by atoms with van der Waals surface area (Å²) in [5.41, 5.74) is 4.59. The lowest BCUT2D eigenvalue weighted by Crippen LogP contribution is -2.14. The third-order valence-corrected chi connectivity index (χ3v) is 4.02. The maximum Gasteiger partial charge on any atom is 0.177 e. The van der Waals surface area contributed by atoms with E-state index in [2.05, 4.69) is 34.5 Å². The van der Waals surface area contributed by atoms with Crippen molar-refractivity contribution in [3.63, 3.8) is 0 Å². The first-order chi connectivity index (χ1) is 7.67. The number of fused-ring (bicyclic) bond motifs is 1. The molecule has 0 unspecified atom stereocenters. The van der Waals surface area contributed by atoms with E-state index in [0.29, 0.717) is 0 Å². The second-order valence-electron chi connectivity index (χ2n) is 4.01. The molecule has 0 spiro atoms. The third-order valence-electron chi connectivity index (χ3n) is 2.95. The number of benzene rings is 1. The van der Waals surface area contributed by atoms with Crippen LogP contribution >= 0.6 is 34.2 Å². The number of halogens is 2. The molecule has 4 heteroatoms. The molecule has 1 aromatic rings. The van der Waals surface area contributed by atoms with Crippen molar-refractivity contribution >= 4 is 45.7 Å². The molecule has 0 bridgehead atoms. The van der Waals surface area contributed by atoms with E-state index in [9.17, 15) is 4.79 Å². The van der Waals surface area contributed by atoms with Gasteiger partial charge in [-0.3, -0.25) is 4.79 Å². The third kappa shape index (κ3) is 2.07. The Bertz CT molecular complexity index is 433. The van der Waals surface area contributed by atoms with Crippen LogP contribution < -0.4 is 4.90 Å². The summed E-state index contributed by atoms with van der Waals surface area (Å²) in [4.78, 5) is 13.9. The molecule has 0 amide bonds. The van der Waals surface area contributed by atoms with Crippen LogP contribution in [0.2, 0.25) is 0 Å². The minimum absolute atomic E-state index is 0.0186. The fraction of sp³-hybridized carbons (Fsp3) is 0.417. The van der Waals surface area contributed by atoms with Gasteiger partial charge >= 0.3 is 0 Å². The van der Waals surface area contributed by atoms with Crippen molar-refractivity contribution in [1.29, 1.82) is 0 Å². The van der Waals surface area contributed by atoms with Crippen LogP contribution in [0.15, 0.2) is 12.1 Å². The van der Waals surface area contributed by atoms with Crippen LogP contribution in [0.5, 0.6) is 0 Å². The van der Waals surface area contributed by atoms with Crippen LogP contribution in [0.1, 0.15) is 21.5 Å². The van der Waals surface area contributed by atoms with Gasteiger partial charge in [-0.1, -0.05) is 22.6 Å². The van der Waals surface area contributed by atoms with Crippen molar-refractivity contribution < 1.29 is 4.79 Å². The van der Waals surface area contributed by atoms with Gasteiger partial charge in [-0.05, 0) is 29.7 Å². The molecule has 86 valence electrons. The van der Waals surface area contributed by atoms with Crippen LogP contribution in [0.3, 0.4) is 0 Å². The zero-order valence-electron chi connectivity index (χ0n) is 9.09. The highest BCUT2D eigenvalue weighted by Crippen LogP contribution is 2.33. The van der Waals surface area contributed by atoms with Gasteiger partial charge in [0.15, 0.2) is 5.78 Å². The Labute approximate surface area is 114 Å². The normalized spacial score (nSPS) is 14.1. The molecule has 2 rings (SSSR count). The Kier molecular flexibility index (Phi) is 3.74. The standard InChI is InChI=1S/C12H13ClINO/c1-15-3-2-8-4-9(11(16)6-13)5-10(7-14)12(8)15/h4-5H,2-3,6-7H2,1H3. The monoisotopic (exact) mass is 349 g/mol. The molecular weight excluding hydrogens is 336 g/mol. The maximum absolute atomic E-state index is 11.6. The van der Waals surface area contributed by atoms with E-state index in [4.69, 9.17) is 11.6 Å². The average molecular weight is 350 g/mol. The van der Waals surface area contributed by atoms with Gasteiger partial charge in [0, 0.05) is 29.3 Å². The minimum atomic E-state index is 0.0186. The maximum atomic E-state index is 11.6. The van der Waals surface area contributed by atoms with Crippen LogP contribution in [-0.4, -0.2) is 25.3 Å². The zero-order chi connectivity index (χ0) is 11.7. The van der Waals surface area contributed by atoms with Gasteiger partial charge in [0.25, 0.3) is 0 Å². The van der Waals surface area contributed by atoms with Crippen molar-refractivity contribution in [3.8, 4) is 0 Å². The van der Waals surface area contributed by atoms with E-state index in [1.165, 1.54) is 16.8 Å². The van der Waals surface area contributed by atoms with Gasteiger partial charge in [-0.25, -0.2) is 0 Å². The van der Waals surface area contributed by atoms with E-state index < -0.39 is 0 Å². The van der Waals surface area contributed by atoms with E-state index in [0.717, 1.165) is 23.0 Å². The topological polar surface area (TPSA) is 20.3 Å². The molecule has 0 fully saturated rings. The molecule has 0 saturated heterocycles. The number of rotatable bonds is 3. The van der Waals surface area contributed by atoms with E-state index in [1.54, 1.807) is 0 Å². The first-order valence-corrected chi connectivity index (χ1v) is 7.25. The minimum Gasteiger partial charge on any atom is -0.374 e. The molecule has 1 aliphatic heterocycles. The molecule has 0 atom stereocenters. The molecule has 1 aromatic carbocycles. The van der Waals surface area contributed by atoms with Gasteiger partial charge < -0.3 is 4.90 Å². The number of likely N-dealkylation sites (N-methyl/N-ethyl adjacent to an activating group) is 1. The Balaban J connectivity index is 2.51. The van der Waals surface area contributed by atoms with E-state index >= 15 is 0 Å². The number of hydrogen-bond acceptors (Lipinski definition) is 2. The summed E-state index contributed by atoms with van der Waals surface area (Å²) in [7, 11) is 2.10. The fourth-order valence-electron chi connectivity index (χ4n) is 2.18. The second-order valence-corrected chi connectivity index (χ2v) is 5.04. The Hall–Kier alpha value is -0.290. The fourth-order valence-corrected chi connectivity index (χ4v) is 2.92. The second kappa shape index (κ2) is 4.92. The van der Waals surface area contributed by atoms with Crippen molar-refractivity contribution in [1.82, 2.24) is 0 Å². The molecule has 0 N–H and O–H groups in total. The Morgan fingerprint density at radius 3 is 2.94 bits per heavy atom. The zero-order valence-corrected chi connectivity index (χ0v) is 12.0. The molecular formula is C12H13ClINO. The first-order valence-electron chi connectivity index (χ1n) is 5.19. The number of carbonyl (C=O) groups excluding carboxylic acids is 1. The highest BCUT2D eigenvalue weighted by molar-refractivity contribution is 14.1. The molecule has 1 aliphatic rings. The molecule has 0 saturated carbocycles. The molecule has 2 nitrogen and oxygen atoms in total. The van der Waals surface area contributed by atoms with Gasteiger partial charge in [-0.2, -0.15) is 0 Å². The average Bonchev–Trinajstić information content (AvgIpc) is 2.69. The van der Waals surface area contributed by atoms with Crippen molar-refractivity contribution in [3.05, 3.63) is 28.8 Å². The highest BCUT2D eigenvalue weighted by atomic mass is 127. The number of Topliss-reactive ketones (excluding diaryl/α,β-unsaturated/α-hetero) is 1. The van der Waals surface area contributed by atoms with Gasteiger partial charge in [0.2, 0.25) is 0 Å². The van der Waals surface area contributed by atoms with E-state index in [-0.39, 0.29) is 11.7 Å². The Morgan fingerprint density at radius 2 is 2.31 bits per heavy atom. The number of anilines is 1. The number of nitrogens with zero attached hydrogens (tertiary/aromatic N) is 1. The summed E-state index contributed by atoms with van der Waals surface area (Å²) in [6.45, 7) is 1.04. The largest absolute Gasteiger partial charge is 0.374 e. The predicted molar refractivity (Wildman–Crippen MR) is 76.2 cm³/mol. The molecule has 0 aromatic heterocycles. The summed E-state index contributed by atoms with van der Waals surface area (Å²) in [6, 6.07) is 3.98.